The number of nitrogens with zero attached hydrogens (tertiary/aromatic N) is 1. The second-order valence-corrected chi connectivity index (χ2v) is 7.11. The molecule has 0 unspecified atom stereocenters. The third kappa shape index (κ3) is 5.06. The average molecular weight is 353 g/mol. The smallest absolute Gasteiger partial charge is 0.543 e. The van der Waals surface area contributed by atoms with Crippen molar-refractivity contribution in [3.05, 3.63) is 45.4 Å². The molecule has 0 atom stereocenters. The number of carboxylic acids is 1. The Balaban J connectivity index is 0.00000208. The Labute approximate surface area is 168 Å². The summed E-state index contributed by atoms with van der Waals surface area (Å²) in [6.07, 6.45) is 5.70. The summed E-state index contributed by atoms with van der Waals surface area (Å²) in [5.74, 6) is 0.316. The van der Waals surface area contributed by atoms with Gasteiger partial charge in [-0.05, 0) is 31.7 Å². The Kier molecular flexibility index (Phi) is 7.29. The van der Waals surface area contributed by atoms with Gasteiger partial charge in [0.15, 0.2) is 0 Å². The number of aromatic nitrogens is 1. The topological polar surface area (TPSA) is 62.2 Å². The van der Waals surface area contributed by atoms with Gasteiger partial charge in [0.25, 0.3) is 0 Å². The molecule has 1 aromatic heterocycles. The number of carbonyl (C=O) groups excluding carboxylic acids is 1. The van der Waals surface area contributed by atoms with Gasteiger partial charge in [-0.15, -0.1) is 11.3 Å². The minimum Gasteiger partial charge on any atom is -0.543 e. The molecular weight excluding hydrogens is 333 g/mol. The molecule has 1 heterocycles. The van der Waals surface area contributed by atoms with E-state index in [0.29, 0.717) is 12.3 Å². The summed E-state index contributed by atoms with van der Waals surface area (Å²) in [5, 5.41) is 13.1. The van der Waals surface area contributed by atoms with Crippen molar-refractivity contribution in [3.63, 3.8) is 0 Å². The van der Waals surface area contributed by atoms with Crippen molar-refractivity contribution in [2.45, 2.75) is 39.0 Å². The van der Waals surface area contributed by atoms with Gasteiger partial charge in [0, 0.05) is 17.4 Å². The molecule has 4 nitrogen and oxygen atoms in total. The van der Waals surface area contributed by atoms with Crippen LogP contribution in [0.2, 0.25) is 0 Å². The normalized spacial score (nSPS) is 14.4. The molecule has 1 aromatic carbocycles. The Hall–Kier alpha value is -0.880. The Bertz CT molecular complexity index is 695. The van der Waals surface area contributed by atoms with E-state index in [1.165, 1.54) is 42.4 Å². The van der Waals surface area contributed by atoms with Gasteiger partial charge in [-0.3, -0.25) is 0 Å². The molecule has 1 saturated carbocycles. The molecule has 0 saturated heterocycles. The maximum Gasteiger partial charge on any atom is 1.00 e. The van der Waals surface area contributed by atoms with Crippen LogP contribution >= 0.6 is 11.3 Å². The molecule has 6 heteroatoms. The molecule has 3 rings (SSSR count). The first-order valence-electron chi connectivity index (χ1n) is 8.00. The molecule has 1 aliphatic rings. The number of ether oxygens (including phenoxy) is 1. The van der Waals surface area contributed by atoms with Gasteiger partial charge in [-0.25, -0.2) is 4.98 Å². The van der Waals surface area contributed by atoms with Crippen LogP contribution < -0.4 is 39.4 Å². The average Bonchev–Trinajstić information content (AvgIpc) is 3.18. The number of benzene rings is 1. The van der Waals surface area contributed by atoms with Gasteiger partial charge in [-0.2, -0.15) is 0 Å². The van der Waals surface area contributed by atoms with Gasteiger partial charge in [0.1, 0.15) is 5.75 Å². The molecule has 0 spiro atoms. The zero-order valence-electron chi connectivity index (χ0n) is 14.2. The Morgan fingerprint density at radius 2 is 2.12 bits per heavy atom. The SMILES string of the molecule is Cc1ccc(OCC2CCCC2)c(Cc2nc(C(=O)[O-])cs2)c1.[Na+]. The van der Waals surface area contributed by atoms with E-state index in [9.17, 15) is 9.90 Å². The fourth-order valence-electron chi connectivity index (χ4n) is 3.02. The second-order valence-electron chi connectivity index (χ2n) is 6.16. The van der Waals surface area contributed by atoms with Gasteiger partial charge >= 0.3 is 29.6 Å². The number of carboxylic acid groups (broad SMARTS) is 1. The van der Waals surface area contributed by atoms with E-state index >= 15 is 0 Å². The summed E-state index contributed by atoms with van der Waals surface area (Å²) in [6.45, 7) is 2.80. The molecule has 24 heavy (non-hydrogen) atoms. The summed E-state index contributed by atoms with van der Waals surface area (Å²) >= 11 is 1.34. The molecule has 0 amide bonds. The molecule has 0 aliphatic heterocycles. The molecule has 2 aromatic rings. The van der Waals surface area contributed by atoms with Gasteiger partial charge in [0.05, 0.1) is 23.3 Å². The Morgan fingerprint density at radius 3 is 2.79 bits per heavy atom. The number of hydrogen-bond donors (Lipinski definition) is 0. The van der Waals surface area contributed by atoms with E-state index in [0.717, 1.165) is 28.5 Å². The van der Waals surface area contributed by atoms with Crippen molar-refractivity contribution in [2.75, 3.05) is 6.61 Å². The summed E-state index contributed by atoms with van der Waals surface area (Å²) in [5.41, 5.74) is 2.22. The second kappa shape index (κ2) is 8.99. The van der Waals surface area contributed by atoms with Crippen LogP contribution in [0.3, 0.4) is 0 Å². The molecule has 1 aliphatic carbocycles. The van der Waals surface area contributed by atoms with Crippen LogP contribution in [0.4, 0.5) is 0 Å². The van der Waals surface area contributed by atoms with Crippen LogP contribution in [0.1, 0.15) is 52.3 Å². The fourth-order valence-corrected chi connectivity index (χ4v) is 3.81. The van der Waals surface area contributed by atoms with Crippen molar-refractivity contribution >= 4 is 17.3 Å². The zero-order chi connectivity index (χ0) is 16.2. The first kappa shape index (κ1) is 19.4. The van der Waals surface area contributed by atoms with Crippen molar-refractivity contribution in [2.24, 2.45) is 5.92 Å². The Morgan fingerprint density at radius 1 is 1.38 bits per heavy atom. The van der Waals surface area contributed by atoms with Gasteiger partial charge in [0.2, 0.25) is 0 Å². The third-order valence-electron chi connectivity index (χ3n) is 4.27. The summed E-state index contributed by atoms with van der Waals surface area (Å²) in [4.78, 5) is 15.0. The zero-order valence-corrected chi connectivity index (χ0v) is 17.0. The number of thiazole rings is 1. The van der Waals surface area contributed by atoms with Crippen molar-refractivity contribution in [1.82, 2.24) is 4.98 Å². The van der Waals surface area contributed by atoms with Crippen LogP contribution in [0.15, 0.2) is 23.6 Å². The van der Waals surface area contributed by atoms with Crippen molar-refractivity contribution in [3.8, 4) is 5.75 Å². The fraction of sp³-hybridized carbons (Fsp3) is 0.444. The van der Waals surface area contributed by atoms with E-state index in [4.69, 9.17) is 4.74 Å². The van der Waals surface area contributed by atoms with Crippen LogP contribution in [-0.2, 0) is 6.42 Å². The van der Waals surface area contributed by atoms with E-state index < -0.39 is 5.97 Å². The maximum absolute atomic E-state index is 10.8. The van der Waals surface area contributed by atoms with Gasteiger partial charge in [-0.1, -0.05) is 30.5 Å². The number of aryl methyl sites for hydroxylation is 1. The number of rotatable bonds is 6. The van der Waals surface area contributed by atoms with Crippen molar-refractivity contribution in [1.29, 1.82) is 0 Å². The maximum atomic E-state index is 10.8. The van der Waals surface area contributed by atoms with E-state index in [1.54, 1.807) is 0 Å². The number of carbonyl (C=O) groups is 1. The molecule has 1 fully saturated rings. The van der Waals surface area contributed by atoms with Crippen LogP contribution in [0.5, 0.6) is 5.75 Å². The first-order chi connectivity index (χ1) is 11.1. The molecule has 0 bridgehead atoms. The van der Waals surface area contributed by atoms with Crippen LogP contribution in [-0.4, -0.2) is 17.6 Å². The molecule has 0 radical (unpaired) electrons. The number of hydrogen-bond acceptors (Lipinski definition) is 5. The summed E-state index contributed by atoms with van der Waals surface area (Å²) in [7, 11) is 0. The summed E-state index contributed by atoms with van der Waals surface area (Å²) in [6, 6.07) is 6.14. The molecular formula is C18H20NNaO3S. The van der Waals surface area contributed by atoms with Crippen LogP contribution in [0.25, 0.3) is 0 Å². The predicted molar refractivity (Wildman–Crippen MR) is 87.9 cm³/mol. The quantitative estimate of drug-likeness (QED) is 0.685. The monoisotopic (exact) mass is 353 g/mol. The van der Waals surface area contributed by atoms with Gasteiger partial charge < -0.3 is 14.6 Å². The summed E-state index contributed by atoms with van der Waals surface area (Å²) < 4.78 is 6.05. The third-order valence-corrected chi connectivity index (χ3v) is 5.12. The van der Waals surface area contributed by atoms with Crippen LogP contribution in [0, 0.1) is 12.8 Å². The van der Waals surface area contributed by atoms with Crippen molar-refractivity contribution < 1.29 is 44.2 Å². The number of aromatic carboxylic acids is 1. The minimum absolute atomic E-state index is 0. The molecule has 0 N–H and O–H groups in total. The first-order valence-corrected chi connectivity index (χ1v) is 8.88. The van der Waals surface area contributed by atoms with E-state index in [2.05, 4.69) is 11.1 Å². The largest absolute Gasteiger partial charge is 1.00 e. The van der Waals surface area contributed by atoms with E-state index in [-0.39, 0.29) is 35.3 Å². The predicted octanol–water partition coefficient (Wildman–Crippen LogP) is -0.0212. The standard InChI is InChI=1S/C18H21NO3S.Na/c1-12-6-7-16(22-10-13-4-2-3-5-13)14(8-12)9-17-19-15(11-23-17)18(20)21;/h6-8,11,13H,2-5,9-10H2,1H3,(H,20,21);/q;+1/p-1. The molecule has 122 valence electrons. The minimum atomic E-state index is -1.23. The van der Waals surface area contributed by atoms with E-state index in [1.807, 2.05) is 19.1 Å².